The van der Waals surface area contributed by atoms with E-state index in [1.54, 1.807) is 0 Å². The van der Waals surface area contributed by atoms with Gasteiger partial charge in [0, 0.05) is 25.2 Å². The third-order valence-electron chi connectivity index (χ3n) is 14.3. The van der Waals surface area contributed by atoms with Crippen LogP contribution < -0.4 is 0 Å². The van der Waals surface area contributed by atoms with Gasteiger partial charge in [0.25, 0.3) is 0 Å². The maximum absolute atomic E-state index is 7.00. The second kappa shape index (κ2) is 9.88. The lowest BCUT2D eigenvalue weighted by Crippen LogP contribution is -2.58. The molecule has 2 spiro atoms. The van der Waals surface area contributed by atoms with Crippen molar-refractivity contribution in [1.29, 1.82) is 0 Å². The molecule has 1 aromatic rings. The van der Waals surface area contributed by atoms with Crippen molar-refractivity contribution in [3.05, 3.63) is 42.5 Å². The normalized spacial score (nSPS) is 53.3. The molecule has 4 aliphatic carbocycles. The first-order valence-electron chi connectivity index (χ1n) is 17.2. The van der Waals surface area contributed by atoms with Gasteiger partial charge in [0.2, 0.25) is 5.79 Å². The van der Waals surface area contributed by atoms with Crippen molar-refractivity contribution in [2.24, 2.45) is 52.3 Å². The van der Waals surface area contributed by atoms with E-state index in [4.69, 9.17) is 24.0 Å². The Morgan fingerprint density at radius 1 is 0.857 bits per heavy atom. The molecular weight excluding hydrogens is 524 g/mol. The minimum Gasteiger partial charge on any atom is -0.349 e. The Morgan fingerprint density at radius 3 is 2.43 bits per heavy atom. The molecule has 13 atom stereocenters. The highest BCUT2D eigenvalue weighted by Crippen LogP contribution is 2.72. The van der Waals surface area contributed by atoms with Crippen LogP contribution >= 0.6 is 0 Å². The van der Waals surface area contributed by atoms with Gasteiger partial charge in [-0.1, -0.05) is 64.6 Å². The summed E-state index contributed by atoms with van der Waals surface area (Å²) in [6, 6.07) is 10.2. The highest BCUT2D eigenvalue weighted by molar-refractivity contribution is 5.66. The van der Waals surface area contributed by atoms with Gasteiger partial charge in [-0.15, -0.1) is 0 Å². The maximum Gasteiger partial charge on any atom is 0.202 e. The Balaban J connectivity index is 0.947. The zero-order valence-corrected chi connectivity index (χ0v) is 26.3. The number of hydrogen-bond donors (Lipinski definition) is 0. The van der Waals surface area contributed by atoms with E-state index in [0.29, 0.717) is 47.2 Å². The quantitative estimate of drug-likeness (QED) is 0.332. The minimum absolute atomic E-state index is 0.258. The number of fused-ring (bicyclic) bond motifs is 7. The highest BCUT2D eigenvalue weighted by Gasteiger charge is 2.69. The van der Waals surface area contributed by atoms with E-state index < -0.39 is 5.79 Å². The van der Waals surface area contributed by atoms with Crippen molar-refractivity contribution >= 4 is 5.57 Å². The second-order valence-corrected chi connectivity index (χ2v) is 16.2. The molecule has 0 N–H and O–H groups in total. The van der Waals surface area contributed by atoms with E-state index in [0.717, 1.165) is 61.2 Å². The van der Waals surface area contributed by atoms with Gasteiger partial charge in [0.05, 0.1) is 19.3 Å². The summed E-state index contributed by atoms with van der Waals surface area (Å²) in [5.41, 5.74) is 2.73. The lowest BCUT2D eigenvalue weighted by Gasteiger charge is -2.62. The molecule has 9 unspecified atom stereocenters. The highest BCUT2D eigenvalue weighted by atomic mass is 17.2. The third-order valence-corrected chi connectivity index (χ3v) is 14.3. The molecule has 0 aromatic heterocycles. The summed E-state index contributed by atoms with van der Waals surface area (Å²) in [4.78, 5) is 12.2. The molecule has 0 radical (unpaired) electrons. The zero-order chi connectivity index (χ0) is 28.9. The first-order chi connectivity index (χ1) is 20.2. The third kappa shape index (κ3) is 4.05. The maximum atomic E-state index is 7.00. The summed E-state index contributed by atoms with van der Waals surface area (Å²) in [5, 5.41) is 0. The summed E-state index contributed by atoms with van der Waals surface area (Å²) >= 11 is 0. The van der Waals surface area contributed by atoms with Crippen LogP contribution in [0, 0.1) is 52.3 Å². The fourth-order valence-corrected chi connectivity index (χ4v) is 11.8. The smallest absolute Gasteiger partial charge is 0.202 e. The largest absolute Gasteiger partial charge is 0.349 e. The molecule has 4 saturated carbocycles. The number of ether oxygens (including phenoxy) is 3. The van der Waals surface area contributed by atoms with E-state index in [2.05, 4.69) is 46.4 Å². The number of rotatable bonds is 2. The van der Waals surface area contributed by atoms with Crippen LogP contribution in [0.5, 0.6) is 0 Å². The lowest BCUT2D eigenvalue weighted by molar-refractivity contribution is -0.489. The van der Waals surface area contributed by atoms with E-state index in [1.165, 1.54) is 38.5 Å². The average Bonchev–Trinajstić information content (AvgIpc) is 3.45. The standard InChI is InChI=1S/C37H52O5/c1-23-13-16-37(39-21-23)25(3)33-31(40-37)19-30-28-12-11-27-20-36(18-17-34(27,4)29(28)14-15-35(30,33)5)38-22-32(41-42-36)24(2)26-9-7-6-8-10-26/h6-10,23,25,27-33H,2,11-22H2,1,3-5H3/t23-,25+,27?,28?,29?,30?,31?,32?,33?,34+,35+,36?,37?/m1/s1. The number of hydrogen-bond acceptors (Lipinski definition) is 5. The predicted octanol–water partition coefficient (Wildman–Crippen LogP) is 8.19. The van der Waals surface area contributed by atoms with Gasteiger partial charge in [-0.3, -0.25) is 0 Å². The van der Waals surface area contributed by atoms with E-state index >= 15 is 0 Å². The molecule has 7 aliphatic rings. The molecule has 5 nitrogen and oxygen atoms in total. The second-order valence-electron chi connectivity index (χ2n) is 16.2. The fraction of sp³-hybridized carbons (Fsp3) is 0.784. The van der Waals surface area contributed by atoms with Gasteiger partial charge in [-0.05, 0) is 102 Å². The van der Waals surface area contributed by atoms with Gasteiger partial charge in [0.1, 0.15) is 6.10 Å². The summed E-state index contributed by atoms with van der Waals surface area (Å²) in [7, 11) is 0. The molecule has 3 aliphatic heterocycles. The topological polar surface area (TPSA) is 46.2 Å². The molecule has 42 heavy (non-hydrogen) atoms. The van der Waals surface area contributed by atoms with Gasteiger partial charge in [-0.25, -0.2) is 9.78 Å². The fourth-order valence-electron chi connectivity index (χ4n) is 11.8. The van der Waals surface area contributed by atoms with E-state index in [9.17, 15) is 0 Å². The summed E-state index contributed by atoms with van der Waals surface area (Å²) in [5.74, 6) is 3.85. The van der Waals surface area contributed by atoms with Crippen LogP contribution in [0.4, 0.5) is 0 Å². The first-order valence-corrected chi connectivity index (χ1v) is 17.2. The van der Waals surface area contributed by atoms with E-state index in [1.807, 2.05) is 18.2 Å². The lowest BCUT2D eigenvalue weighted by atomic mass is 9.44. The molecule has 8 rings (SSSR count). The van der Waals surface area contributed by atoms with Gasteiger partial charge < -0.3 is 14.2 Å². The van der Waals surface area contributed by atoms with Crippen LogP contribution in [0.2, 0.25) is 0 Å². The van der Waals surface area contributed by atoms with Crippen LogP contribution in [0.15, 0.2) is 36.9 Å². The van der Waals surface area contributed by atoms with Crippen molar-refractivity contribution in [3.63, 3.8) is 0 Å². The molecule has 3 heterocycles. The number of benzene rings is 1. The van der Waals surface area contributed by atoms with Crippen LogP contribution in [0.25, 0.3) is 5.57 Å². The van der Waals surface area contributed by atoms with Crippen molar-refractivity contribution < 1.29 is 24.0 Å². The van der Waals surface area contributed by atoms with E-state index in [-0.39, 0.29) is 11.9 Å². The van der Waals surface area contributed by atoms with Gasteiger partial charge in [-0.2, -0.15) is 0 Å². The van der Waals surface area contributed by atoms with Crippen molar-refractivity contribution in [1.82, 2.24) is 0 Å². The van der Waals surface area contributed by atoms with Gasteiger partial charge in [0.15, 0.2) is 5.79 Å². The Bertz CT molecular complexity index is 1180. The monoisotopic (exact) mass is 576 g/mol. The molecule has 230 valence electrons. The van der Waals surface area contributed by atoms with Crippen molar-refractivity contribution in [3.8, 4) is 0 Å². The van der Waals surface area contributed by atoms with Crippen LogP contribution in [0.1, 0.15) is 97.5 Å². The predicted molar refractivity (Wildman–Crippen MR) is 162 cm³/mol. The Kier molecular flexibility index (Phi) is 6.64. The Morgan fingerprint density at radius 2 is 1.69 bits per heavy atom. The summed E-state index contributed by atoms with van der Waals surface area (Å²) < 4.78 is 20.1. The molecule has 3 saturated heterocycles. The van der Waals surface area contributed by atoms with Crippen molar-refractivity contribution in [2.75, 3.05) is 13.2 Å². The SMILES string of the molecule is C=C(c1ccccc1)C1COC2(CC[C@@]3(C)C(CCC4C3CC[C@@]3(C)C4CC4OC5(CC[C@@H](C)CO5)[C@@H](C)C43)C2)OO1. The van der Waals surface area contributed by atoms with Crippen LogP contribution in [0.3, 0.4) is 0 Å². The minimum atomic E-state index is -0.604. The molecule has 0 amide bonds. The summed E-state index contributed by atoms with van der Waals surface area (Å²) in [6.07, 6.45) is 12.0. The first kappa shape index (κ1) is 28.2. The molecular formula is C37H52O5. The molecule has 0 bridgehead atoms. The Hall–Kier alpha value is -1.24. The van der Waals surface area contributed by atoms with Crippen LogP contribution in [-0.4, -0.2) is 37.0 Å². The molecule has 7 fully saturated rings. The zero-order valence-electron chi connectivity index (χ0n) is 26.3. The average molecular weight is 577 g/mol. The molecule has 1 aromatic carbocycles. The summed E-state index contributed by atoms with van der Waals surface area (Å²) in [6.45, 7) is 15.7. The van der Waals surface area contributed by atoms with Gasteiger partial charge >= 0.3 is 0 Å². The van der Waals surface area contributed by atoms with Crippen LogP contribution in [-0.2, 0) is 24.0 Å². The molecule has 5 heteroatoms. The van der Waals surface area contributed by atoms with Crippen molar-refractivity contribution in [2.45, 2.75) is 116 Å². The Labute approximate surface area is 253 Å².